The van der Waals surface area contributed by atoms with E-state index in [0.29, 0.717) is 26.1 Å². The number of benzene rings is 1. The van der Waals surface area contributed by atoms with Crippen molar-refractivity contribution in [3.05, 3.63) is 36.7 Å². The van der Waals surface area contributed by atoms with E-state index in [1.54, 1.807) is 33.1 Å². The van der Waals surface area contributed by atoms with Gasteiger partial charge in [0.1, 0.15) is 11.4 Å². The average molecular weight is 569 g/mol. The van der Waals surface area contributed by atoms with Gasteiger partial charge in [-0.2, -0.15) is 0 Å². The van der Waals surface area contributed by atoms with Gasteiger partial charge in [0.15, 0.2) is 0 Å². The molecule has 0 aliphatic heterocycles. The maximum Gasteiger partial charge on any atom is 0.355 e. The molecule has 0 aliphatic rings. The second-order valence-corrected chi connectivity index (χ2v) is 7.10. The van der Waals surface area contributed by atoms with Crippen LogP contribution in [0.1, 0.15) is 34.7 Å². The number of hydrogen-bond acceptors (Lipinski definition) is 5. The second-order valence-electron chi connectivity index (χ2n) is 4.85. The van der Waals surface area contributed by atoms with Gasteiger partial charge in [-0.1, -0.05) is 6.07 Å². The molecule has 0 atom stereocenters. The molecule has 2 rings (SSSR count). The Morgan fingerprint density at radius 2 is 1.72 bits per heavy atom. The lowest BCUT2D eigenvalue weighted by Crippen LogP contribution is -2.09. The summed E-state index contributed by atoms with van der Waals surface area (Å²) < 4.78 is 16.9. The van der Waals surface area contributed by atoms with Gasteiger partial charge in [0.05, 0.1) is 33.2 Å². The van der Waals surface area contributed by atoms with Crippen LogP contribution >= 0.6 is 45.2 Å². The molecule has 1 aromatic carbocycles. The topological polar surface area (TPSA) is 77.6 Å². The zero-order chi connectivity index (χ0) is 18.6. The Morgan fingerprint density at radius 1 is 1.08 bits per heavy atom. The lowest BCUT2D eigenvalue weighted by atomic mass is 10.0. The molecule has 25 heavy (non-hydrogen) atoms. The van der Waals surface area contributed by atoms with E-state index in [9.17, 15) is 9.59 Å². The maximum atomic E-state index is 12.4. The Kier molecular flexibility index (Phi) is 7.11. The lowest BCUT2D eigenvalue weighted by molar-refractivity contribution is 0.0518. The molecule has 1 heterocycles. The van der Waals surface area contributed by atoms with Gasteiger partial charge in [0.25, 0.3) is 0 Å². The van der Waals surface area contributed by atoms with Crippen LogP contribution in [0.15, 0.2) is 18.2 Å². The first-order chi connectivity index (χ1) is 11.9. The monoisotopic (exact) mass is 569 g/mol. The molecule has 0 radical (unpaired) electrons. The van der Waals surface area contributed by atoms with Crippen LogP contribution in [0.4, 0.5) is 0 Å². The van der Waals surface area contributed by atoms with Gasteiger partial charge in [-0.15, -0.1) is 0 Å². The van der Waals surface area contributed by atoms with Crippen molar-refractivity contribution in [3.63, 3.8) is 0 Å². The van der Waals surface area contributed by atoms with Gasteiger partial charge in [0.2, 0.25) is 0 Å². The smallest absolute Gasteiger partial charge is 0.355 e. The van der Waals surface area contributed by atoms with E-state index in [1.165, 1.54) is 0 Å². The summed E-state index contributed by atoms with van der Waals surface area (Å²) in [6.07, 6.45) is 0. The van der Waals surface area contributed by atoms with Crippen LogP contribution in [-0.4, -0.2) is 37.2 Å². The molecule has 0 aliphatic carbocycles. The van der Waals surface area contributed by atoms with Gasteiger partial charge in [-0.3, -0.25) is 0 Å². The standard InChI is InChI=1S/C17H17I2NO5/c1-4-24-16(21)13-12(9-6-7-11(23-3)10(18)8-9)14(20-15(13)19)17(22)25-5-2/h6-8,20H,4-5H2,1-3H3. The number of esters is 2. The summed E-state index contributed by atoms with van der Waals surface area (Å²) in [5.41, 5.74) is 1.74. The highest BCUT2D eigenvalue weighted by atomic mass is 127. The van der Waals surface area contributed by atoms with Crippen LogP contribution in [0.25, 0.3) is 11.1 Å². The van der Waals surface area contributed by atoms with Gasteiger partial charge in [-0.25, -0.2) is 9.59 Å². The molecule has 0 unspecified atom stereocenters. The third kappa shape index (κ3) is 4.27. The molecular formula is C17H17I2NO5. The normalized spacial score (nSPS) is 10.4. The van der Waals surface area contributed by atoms with Crippen molar-refractivity contribution >= 4 is 57.1 Å². The number of aromatic nitrogens is 1. The summed E-state index contributed by atoms with van der Waals surface area (Å²) in [5, 5.41) is 0. The fraction of sp³-hybridized carbons (Fsp3) is 0.294. The highest BCUT2D eigenvalue weighted by Gasteiger charge is 2.28. The number of aromatic amines is 1. The van der Waals surface area contributed by atoms with Crippen molar-refractivity contribution in [2.45, 2.75) is 13.8 Å². The molecule has 1 N–H and O–H groups in total. The highest BCUT2D eigenvalue weighted by Crippen LogP contribution is 2.35. The first-order valence-electron chi connectivity index (χ1n) is 7.54. The van der Waals surface area contributed by atoms with Crippen LogP contribution in [0.5, 0.6) is 5.75 Å². The van der Waals surface area contributed by atoms with Crippen molar-refractivity contribution in [1.82, 2.24) is 4.98 Å². The minimum absolute atomic E-state index is 0.232. The molecule has 6 nitrogen and oxygen atoms in total. The Hall–Kier alpha value is -1.30. The fourth-order valence-corrected chi connectivity index (χ4v) is 3.83. The summed E-state index contributed by atoms with van der Waals surface area (Å²) in [5.74, 6) is -0.290. The molecule has 134 valence electrons. The van der Waals surface area contributed by atoms with Gasteiger partial charge in [-0.05, 0) is 76.7 Å². The predicted molar refractivity (Wildman–Crippen MR) is 110 cm³/mol. The number of rotatable bonds is 6. The van der Waals surface area contributed by atoms with Crippen molar-refractivity contribution in [1.29, 1.82) is 0 Å². The largest absolute Gasteiger partial charge is 0.496 e. The molecular weight excluding hydrogens is 552 g/mol. The van der Waals surface area contributed by atoms with Crippen LogP contribution in [0, 0.1) is 7.27 Å². The van der Waals surface area contributed by atoms with E-state index in [2.05, 4.69) is 27.6 Å². The predicted octanol–water partition coefficient (Wildman–Crippen LogP) is 4.25. The number of hydrogen-bond donors (Lipinski definition) is 1. The summed E-state index contributed by atoms with van der Waals surface area (Å²) in [4.78, 5) is 27.8. The van der Waals surface area contributed by atoms with Crippen molar-refractivity contribution in [2.75, 3.05) is 20.3 Å². The minimum Gasteiger partial charge on any atom is -0.496 e. The highest BCUT2D eigenvalue weighted by molar-refractivity contribution is 14.1. The third-order valence-electron chi connectivity index (χ3n) is 3.35. The van der Waals surface area contributed by atoms with Crippen LogP contribution in [0.2, 0.25) is 0 Å². The third-order valence-corrected chi connectivity index (χ3v) is 5.01. The number of ether oxygens (including phenoxy) is 3. The number of methoxy groups -OCH3 is 1. The molecule has 8 heteroatoms. The van der Waals surface area contributed by atoms with E-state index in [-0.39, 0.29) is 18.9 Å². The van der Waals surface area contributed by atoms with Crippen LogP contribution < -0.4 is 4.74 Å². The van der Waals surface area contributed by atoms with Crippen molar-refractivity contribution in [2.24, 2.45) is 0 Å². The van der Waals surface area contributed by atoms with Crippen LogP contribution in [-0.2, 0) is 9.47 Å². The molecule has 1 aromatic heterocycles. The molecule has 0 saturated heterocycles. The molecule has 0 saturated carbocycles. The molecule has 2 aromatic rings. The molecule has 0 fully saturated rings. The van der Waals surface area contributed by atoms with Gasteiger partial charge >= 0.3 is 11.9 Å². The summed E-state index contributed by atoms with van der Waals surface area (Å²) in [7, 11) is 1.59. The molecule has 0 bridgehead atoms. The second kappa shape index (κ2) is 8.88. The van der Waals surface area contributed by atoms with E-state index in [4.69, 9.17) is 14.2 Å². The Bertz CT molecular complexity index is 801. The Balaban J connectivity index is 2.68. The van der Waals surface area contributed by atoms with E-state index >= 15 is 0 Å². The first-order valence-corrected chi connectivity index (χ1v) is 9.69. The zero-order valence-electron chi connectivity index (χ0n) is 13.9. The zero-order valence-corrected chi connectivity index (χ0v) is 18.3. The number of halogens is 2. The average Bonchev–Trinajstić information content (AvgIpc) is 2.92. The SMILES string of the molecule is CCOC(=O)c1[nH]c(I)c(C(=O)OCC)c1-c1ccc(OC)c(I)c1. The number of carbonyl (C=O) groups is 2. The molecule has 0 spiro atoms. The van der Waals surface area contributed by atoms with E-state index < -0.39 is 11.9 Å². The maximum absolute atomic E-state index is 12.4. The first kappa shape index (κ1) is 20.0. The fourth-order valence-electron chi connectivity index (χ4n) is 2.33. The van der Waals surface area contributed by atoms with E-state index in [1.807, 2.05) is 28.7 Å². The summed E-state index contributed by atoms with van der Waals surface area (Å²) in [6, 6.07) is 5.44. The number of nitrogens with one attached hydrogen (secondary N) is 1. The Morgan fingerprint density at radius 3 is 2.28 bits per heavy atom. The van der Waals surface area contributed by atoms with E-state index in [0.717, 1.165) is 3.57 Å². The number of carbonyl (C=O) groups excluding carboxylic acids is 2. The van der Waals surface area contributed by atoms with Crippen molar-refractivity contribution < 1.29 is 23.8 Å². The van der Waals surface area contributed by atoms with Crippen molar-refractivity contribution in [3.8, 4) is 16.9 Å². The number of H-pyrrole nitrogens is 1. The lowest BCUT2D eigenvalue weighted by Gasteiger charge is -2.10. The Labute approximate surface area is 172 Å². The summed E-state index contributed by atoms with van der Waals surface area (Å²) >= 11 is 4.12. The van der Waals surface area contributed by atoms with Gasteiger partial charge < -0.3 is 19.2 Å². The molecule has 0 amide bonds. The van der Waals surface area contributed by atoms with Gasteiger partial charge in [0, 0.05) is 5.56 Å². The van der Waals surface area contributed by atoms with Crippen LogP contribution in [0.3, 0.4) is 0 Å². The quantitative estimate of drug-likeness (QED) is 0.416. The minimum atomic E-state index is -0.517. The summed E-state index contributed by atoms with van der Waals surface area (Å²) in [6.45, 7) is 3.95.